The summed E-state index contributed by atoms with van der Waals surface area (Å²) >= 11 is 6.11. The summed E-state index contributed by atoms with van der Waals surface area (Å²) in [5, 5.41) is 29.2. The number of hydrogen-bond donors (Lipinski definition) is 0. The molecule has 5 aromatic rings. The molecule has 1 fully saturated rings. The Bertz CT molecular complexity index is 1700. The largest absolute Gasteiger partial charge is 0.618 e. The van der Waals surface area contributed by atoms with Crippen molar-refractivity contribution in [1.82, 2.24) is 30.0 Å². The first kappa shape index (κ1) is 24.5. The number of nitrogens with zero attached hydrogens (tertiary/aromatic N) is 7. The summed E-state index contributed by atoms with van der Waals surface area (Å²) in [4.78, 5) is 0. The molecular formula is C28H23ClFN7O3. The third-order valence-corrected chi connectivity index (χ3v) is 7.59. The van der Waals surface area contributed by atoms with Gasteiger partial charge in [0.05, 0.1) is 28.0 Å². The van der Waals surface area contributed by atoms with E-state index in [4.69, 9.17) is 21.1 Å². The zero-order valence-corrected chi connectivity index (χ0v) is 21.9. The quantitative estimate of drug-likeness (QED) is 0.209. The van der Waals surface area contributed by atoms with Crippen LogP contribution >= 0.6 is 11.6 Å². The van der Waals surface area contributed by atoms with Crippen LogP contribution in [-0.2, 0) is 0 Å². The van der Waals surface area contributed by atoms with Gasteiger partial charge in [-0.15, -0.1) is 5.10 Å². The van der Waals surface area contributed by atoms with Crippen molar-refractivity contribution in [3.05, 3.63) is 89.1 Å². The lowest BCUT2D eigenvalue weighted by Crippen LogP contribution is -2.35. The van der Waals surface area contributed by atoms with Crippen LogP contribution in [0.3, 0.4) is 0 Å². The van der Waals surface area contributed by atoms with Crippen LogP contribution in [0.2, 0.25) is 5.02 Å². The molecular weight excluding hydrogens is 537 g/mol. The van der Waals surface area contributed by atoms with Crippen LogP contribution in [0.5, 0.6) is 11.5 Å². The van der Waals surface area contributed by atoms with E-state index in [9.17, 15) is 5.21 Å². The second-order valence-electron chi connectivity index (χ2n) is 9.94. The molecule has 1 saturated carbocycles. The third-order valence-electron chi connectivity index (χ3n) is 7.29. The lowest BCUT2D eigenvalue weighted by atomic mass is 10.0. The molecule has 2 aromatic carbocycles. The second-order valence-corrected chi connectivity index (χ2v) is 10.3. The summed E-state index contributed by atoms with van der Waals surface area (Å²) in [6.07, 6.45) is 9.45. The van der Waals surface area contributed by atoms with Gasteiger partial charge in [0.2, 0.25) is 5.69 Å². The van der Waals surface area contributed by atoms with Crippen molar-refractivity contribution in [3.63, 3.8) is 0 Å². The Kier molecular flexibility index (Phi) is 6.07. The lowest BCUT2D eigenvalue weighted by Gasteiger charge is -2.19. The summed E-state index contributed by atoms with van der Waals surface area (Å²) in [7, 11) is 0. The van der Waals surface area contributed by atoms with E-state index in [-0.39, 0.29) is 16.6 Å². The molecule has 1 aliphatic heterocycles. The number of hydrogen-bond acceptors (Lipinski definition) is 7. The third kappa shape index (κ3) is 4.51. The molecule has 1 atom stereocenters. The van der Waals surface area contributed by atoms with Gasteiger partial charge in [-0.1, -0.05) is 30.5 Å². The van der Waals surface area contributed by atoms with Gasteiger partial charge < -0.3 is 14.7 Å². The van der Waals surface area contributed by atoms with Gasteiger partial charge in [0, 0.05) is 17.8 Å². The average molecular weight is 560 g/mol. The number of benzene rings is 2. The molecule has 1 aliphatic carbocycles. The molecule has 202 valence electrons. The van der Waals surface area contributed by atoms with E-state index < -0.39 is 5.82 Å². The van der Waals surface area contributed by atoms with E-state index in [1.54, 1.807) is 24.4 Å². The smallest absolute Gasteiger partial charge is 0.217 e. The molecule has 12 heteroatoms. The minimum atomic E-state index is -0.659. The molecule has 0 spiro atoms. The van der Waals surface area contributed by atoms with Crippen molar-refractivity contribution in [1.29, 1.82) is 0 Å². The molecule has 0 radical (unpaired) electrons. The summed E-state index contributed by atoms with van der Waals surface area (Å²) in [6.45, 7) is 1.04. The maximum Gasteiger partial charge on any atom is 0.217 e. The van der Waals surface area contributed by atoms with Crippen LogP contribution in [-0.4, -0.2) is 43.2 Å². The highest BCUT2D eigenvalue weighted by Gasteiger charge is 2.32. The van der Waals surface area contributed by atoms with E-state index in [0.717, 1.165) is 40.9 Å². The first-order chi connectivity index (χ1) is 19.5. The van der Waals surface area contributed by atoms with E-state index >= 15 is 4.39 Å². The maximum atomic E-state index is 15.3. The monoisotopic (exact) mass is 559 g/mol. The van der Waals surface area contributed by atoms with Gasteiger partial charge >= 0.3 is 0 Å². The second kappa shape index (κ2) is 9.91. The molecule has 4 heterocycles. The molecule has 1 unspecified atom stereocenters. The van der Waals surface area contributed by atoms with Crippen molar-refractivity contribution >= 4 is 11.6 Å². The van der Waals surface area contributed by atoms with Crippen LogP contribution in [0.15, 0.2) is 67.4 Å². The number of pyridine rings is 1. The highest BCUT2D eigenvalue weighted by molar-refractivity contribution is 6.31. The SMILES string of the molecule is [O-][n+]1cc(-c2c(-n3cnnn3)ccc(Cl)c2F)ccc1C(CC1CC1)n1cc(-c2ccc3c(c2)OCCO3)cn1. The van der Waals surface area contributed by atoms with Gasteiger partial charge in [0.1, 0.15) is 25.6 Å². The summed E-state index contributed by atoms with van der Waals surface area (Å²) in [5.41, 5.74) is 3.21. The maximum absolute atomic E-state index is 15.3. The van der Waals surface area contributed by atoms with E-state index in [1.165, 1.54) is 23.3 Å². The molecule has 0 bridgehead atoms. The fourth-order valence-corrected chi connectivity index (χ4v) is 5.25. The number of aromatic nitrogens is 7. The predicted octanol–water partition coefficient (Wildman–Crippen LogP) is 4.78. The van der Waals surface area contributed by atoms with Crippen LogP contribution in [0.4, 0.5) is 4.39 Å². The molecule has 0 saturated heterocycles. The first-order valence-electron chi connectivity index (χ1n) is 12.9. The van der Waals surface area contributed by atoms with Gasteiger partial charge in [-0.2, -0.15) is 14.5 Å². The minimum Gasteiger partial charge on any atom is -0.618 e. The van der Waals surface area contributed by atoms with Crippen molar-refractivity contribution < 1.29 is 18.6 Å². The van der Waals surface area contributed by atoms with E-state index in [1.807, 2.05) is 29.1 Å². The normalized spacial score (nSPS) is 15.2. The highest BCUT2D eigenvalue weighted by atomic mass is 35.5. The highest BCUT2D eigenvalue weighted by Crippen LogP contribution is 2.40. The van der Waals surface area contributed by atoms with Gasteiger partial charge in [-0.25, -0.2) is 4.39 Å². The molecule has 7 rings (SSSR count). The molecule has 40 heavy (non-hydrogen) atoms. The number of halogens is 2. The topological polar surface area (TPSA) is 107 Å². The molecule has 2 aliphatic rings. The fraction of sp³-hybridized carbons (Fsp3) is 0.250. The molecule has 0 N–H and O–H groups in total. The predicted molar refractivity (Wildman–Crippen MR) is 143 cm³/mol. The fourth-order valence-electron chi connectivity index (χ4n) is 5.09. The van der Waals surface area contributed by atoms with Crippen molar-refractivity contribution in [2.45, 2.75) is 25.3 Å². The van der Waals surface area contributed by atoms with Gasteiger partial charge in [-0.3, -0.25) is 4.68 Å². The number of ether oxygens (including phenoxy) is 2. The number of fused-ring (bicyclic) bond motifs is 1. The Morgan fingerprint density at radius 3 is 2.65 bits per heavy atom. The Morgan fingerprint density at radius 1 is 1.05 bits per heavy atom. The minimum absolute atomic E-state index is 0.0665. The number of tetrazole rings is 1. The van der Waals surface area contributed by atoms with Crippen LogP contribution in [0.25, 0.3) is 27.9 Å². The van der Waals surface area contributed by atoms with Crippen molar-refractivity contribution in [3.8, 4) is 39.4 Å². The summed E-state index contributed by atoms with van der Waals surface area (Å²) in [5.74, 6) is 1.28. The Labute approximate surface area is 233 Å². The Hall–Kier alpha value is -4.51. The van der Waals surface area contributed by atoms with Gasteiger partial charge in [-0.05, 0) is 58.7 Å². The average Bonchev–Trinajstić information content (AvgIpc) is 3.40. The van der Waals surface area contributed by atoms with Crippen molar-refractivity contribution in [2.24, 2.45) is 5.92 Å². The van der Waals surface area contributed by atoms with Gasteiger partial charge in [0.25, 0.3) is 0 Å². The molecule has 0 amide bonds. The van der Waals surface area contributed by atoms with Crippen molar-refractivity contribution in [2.75, 3.05) is 13.2 Å². The number of rotatable bonds is 7. The Morgan fingerprint density at radius 2 is 1.88 bits per heavy atom. The Balaban J connectivity index is 1.25. The molecule has 10 nitrogen and oxygen atoms in total. The summed E-state index contributed by atoms with van der Waals surface area (Å²) < 4.78 is 30.6. The zero-order chi connectivity index (χ0) is 27.2. The molecule has 3 aromatic heterocycles. The van der Waals surface area contributed by atoms with Crippen LogP contribution in [0, 0.1) is 16.9 Å². The zero-order valence-electron chi connectivity index (χ0n) is 21.2. The first-order valence-corrected chi connectivity index (χ1v) is 13.3. The van der Waals surface area contributed by atoms with Crippen LogP contribution < -0.4 is 14.2 Å². The van der Waals surface area contributed by atoms with E-state index in [0.29, 0.717) is 41.8 Å². The lowest BCUT2D eigenvalue weighted by molar-refractivity contribution is -0.615. The van der Waals surface area contributed by atoms with Crippen LogP contribution in [0.1, 0.15) is 31.0 Å². The van der Waals surface area contributed by atoms with E-state index in [2.05, 4.69) is 20.6 Å². The van der Waals surface area contributed by atoms with Gasteiger partial charge in [0.15, 0.2) is 23.5 Å². The summed E-state index contributed by atoms with van der Waals surface area (Å²) in [6, 6.07) is 12.0. The standard InChI is InChI=1S/C28H23ClFN7O3/c29-21-5-7-23(36-16-31-33-34-36)27(28(21)30)19-3-6-22(37(38)15-19)24(11-17-1-2-17)35-14-20(13-32-35)18-4-8-25-26(12-18)40-10-9-39-25/h3-8,12-17,24H,1-2,9-11H2.